The summed E-state index contributed by atoms with van der Waals surface area (Å²) in [4.78, 5) is 13.3. The molecule has 158 valence electrons. The van der Waals surface area contributed by atoms with E-state index in [9.17, 15) is 18.7 Å². The van der Waals surface area contributed by atoms with Crippen molar-refractivity contribution < 1.29 is 32.5 Å². The van der Waals surface area contributed by atoms with Crippen LogP contribution < -0.4 is 14.9 Å². The molecule has 0 radical (unpaired) electrons. The third-order valence-electron chi connectivity index (χ3n) is 5.15. The minimum atomic E-state index is -0.979. The van der Waals surface area contributed by atoms with Gasteiger partial charge in [-0.05, 0) is 31.5 Å². The van der Waals surface area contributed by atoms with Gasteiger partial charge in [0, 0.05) is 31.2 Å². The first kappa shape index (κ1) is 20.3. The molecule has 0 spiro atoms. The molecule has 0 bridgehead atoms. The van der Waals surface area contributed by atoms with Crippen molar-refractivity contribution in [1.29, 1.82) is 0 Å². The van der Waals surface area contributed by atoms with Crippen molar-refractivity contribution in [1.82, 2.24) is 0 Å². The first-order valence-corrected chi connectivity index (χ1v) is 9.28. The molecule has 0 amide bonds. The zero-order valence-electron chi connectivity index (χ0n) is 16.6. The van der Waals surface area contributed by atoms with Crippen LogP contribution >= 0.6 is 0 Å². The molecule has 0 saturated heterocycles. The molecule has 0 aliphatic carbocycles. The molecule has 0 saturated carbocycles. The van der Waals surface area contributed by atoms with Crippen LogP contribution in [0.5, 0.6) is 11.5 Å². The fourth-order valence-electron chi connectivity index (χ4n) is 3.51. The van der Waals surface area contributed by atoms with Crippen molar-refractivity contribution in [3.63, 3.8) is 0 Å². The van der Waals surface area contributed by atoms with Gasteiger partial charge >= 0.3 is 0 Å². The summed E-state index contributed by atoms with van der Waals surface area (Å²) < 4.78 is 49.6. The lowest BCUT2D eigenvalue weighted by Gasteiger charge is -2.37. The Hall–Kier alpha value is -2.97. The van der Waals surface area contributed by atoms with E-state index in [0.717, 1.165) is 24.5 Å². The second-order valence-corrected chi connectivity index (χ2v) is 7.67. The zero-order chi connectivity index (χ0) is 21.6. The third-order valence-corrected chi connectivity index (χ3v) is 5.15. The van der Waals surface area contributed by atoms with Crippen LogP contribution in [0.4, 0.5) is 8.78 Å². The molecule has 4 rings (SSSR count). The van der Waals surface area contributed by atoms with E-state index in [1.165, 1.54) is 13.2 Å². The van der Waals surface area contributed by atoms with Gasteiger partial charge in [-0.3, -0.25) is 4.79 Å². The van der Waals surface area contributed by atoms with Crippen molar-refractivity contribution in [2.75, 3.05) is 13.9 Å². The summed E-state index contributed by atoms with van der Waals surface area (Å²) in [6.45, 7) is 3.34. The highest BCUT2D eigenvalue weighted by atomic mass is 19.1. The van der Waals surface area contributed by atoms with Crippen LogP contribution in [-0.4, -0.2) is 30.7 Å². The molecule has 1 N–H and O–H groups in total. The third kappa shape index (κ3) is 3.42. The number of halogens is 2. The second kappa shape index (κ2) is 7.37. The Morgan fingerprint density at radius 3 is 2.57 bits per heavy atom. The fourth-order valence-corrected chi connectivity index (χ4v) is 3.51. The van der Waals surface area contributed by atoms with Gasteiger partial charge in [-0.15, -0.1) is 0 Å². The van der Waals surface area contributed by atoms with Crippen LogP contribution in [0.25, 0.3) is 22.1 Å². The number of hydrogen-bond acceptors (Lipinski definition) is 6. The Kier molecular flexibility index (Phi) is 4.99. The summed E-state index contributed by atoms with van der Waals surface area (Å²) in [5.74, 6) is -1.06. The zero-order valence-corrected chi connectivity index (χ0v) is 16.6. The summed E-state index contributed by atoms with van der Waals surface area (Å²) in [7, 11) is 1.46. The minimum absolute atomic E-state index is 0.0128. The number of hydrogen-bond donors (Lipinski definition) is 1. The van der Waals surface area contributed by atoms with Crippen molar-refractivity contribution in [2.24, 2.45) is 0 Å². The highest BCUT2D eigenvalue weighted by molar-refractivity contribution is 5.90. The Labute approximate surface area is 170 Å². The average molecular weight is 418 g/mol. The maximum absolute atomic E-state index is 13.7. The van der Waals surface area contributed by atoms with E-state index in [1.54, 1.807) is 13.8 Å². The predicted molar refractivity (Wildman–Crippen MR) is 105 cm³/mol. The maximum atomic E-state index is 13.7. The molecule has 30 heavy (non-hydrogen) atoms. The molecule has 1 aliphatic heterocycles. The Morgan fingerprint density at radius 1 is 1.20 bits per heavy atom. The Bertz CT molecular complexity index is 1160. The highest BCUT2D eigenvalue weighted by Gasteiger charge is 2.39. The molecule has 3 aromatic rings. The summed E-state index contributed by atoms with van der Waals surface area (Å²) in [6, 6.07) is 4.34. The van der Waals surface area contributed by atoms with Crippen LogP contribution in [-0.2, 0) is 11.2 Å². The van der Waals surface area contributed by atoms with Crippen LogP contribution in [0, 0.1) is 11.6 Å². The molecule has 1 atom stereocenters. The monoisotopic (exact) mass is 418 g/mol. The van der Waals surface area contributed by atoms with Gasteiger partial charge in [0.2, 0.25) is 5.43 Å². The smallest absolute Gasteiger partial charge is 0.204 e. The molecule has 8 heteroatoms. The standard InChI is InChI=1S/C22H20F2O6/c1-22(2)18(25)7-14-16(29-10-27-3)8-17-19(21(14)30-22)20(26)15(9-28-17)11-4-12(23)6-13(24)5-11/h4-6,8-9,18,25H,7,10H2,1-3H3. The number of rotatable bonds is 4. The summed E-state index contributed by atoms with van der Waals surface area (Å²) in [5, 5.41) is 10.6. The number of methoxy groups -OCH3 is 1. The van der Waals surface area contributed by atoms with E-state index in [-0.39, 0.29) is 41.1 Å². The molecule has 2 heterocycles. The number of aliphatic hydroxyl groups is 1. The van der Waals surface area contributed by atoms with Crippen molar-refractivity contribution in [2.45, 2.75) is 32.0 Å². The van der Waals surface area contributed by atoms with Gasteiger partial charge in [-0.2, -0.15) is 0 Å². The molecular weight excluding hydrogens is 398 g/mol. The van der Waals surface area contributed by atoms with Gasteiger partial charge < -0.3 is 23.7 Å². The Balaban J connectivity index is 2.00. The van der Waals surface area contributed by atoms with Gasteiger partial charge in [0.15, 0.2) is 6.79 Å². The normalized spacial score (nSPS) is 17.5. The summed E-state index contributed by atoms with van der Waals surface area (Å²) >= 11 is 0. The minimum Gasteiger partial charge on any atom is -0.484 e. The largest absolute Gasteiger partial charge is 0.484 e. The van der Waals surface area contributed by atoms with Crippen LogP contribution in [0.1, 0.15) is 19.4 Å². The van der Waals surface area contributed by atoms with Gasteiger partial charge in [0.25, 0.3) is 0 Å². The van der Waals surface area contributed by atoms with E-state index in [4.69, 9.17) is 18.6 Å². The fraction of sp³-hybridized carbons (Fsp3) is 0.318. The number of benzene rings is 2. The van der Waals surface area contributed by atoms with E-state index >= 15 is 0 Å². The van der Waals surface area contributed by atoms with Crippen LogP contribution in [0.3, 0.4) is 0 Å². The van der Waals surface area contributed by atoms with E-state index in [1.807, 2.05) is 0 Å². The number of ether oxygens (including phenoxy) is 3. The highest BCUT2D eigenvalue weighted by Crippen LogP contribution is 2.43. The van der Waals surface area contributed by atoms with Crippen LogP contribution in [0.15, 0.2) is 39.7 Å². The first-order chi connectivity index (χ1) is 14.2. The van der Waals surface area contributed by atoms with E-state index < -0.39 is 28.8 Å². The van der Waals surface area contributed by atoms with Crippen molar-refractivity contribution >= 4 is 11.0 Å². The molecule has 2 aromatic carbocycles. The lowest BCUT2D eigenvalue weighted by molar-refractivity contribution is -0.0415. The molecule has 1 unspecified atom stereocenters. The number of aliphatic hydroxyl groups excluding tert-OH is 1. The molecule has 6 nitrogen and oxygen atoms in total. The first-order valence-electron chi connectivity index (χ1n) is 9.28. The van der Waals surface area contributed by atoms with Crippen molar-refractivity contribution in [3.05, 3.63) is 57.9 Å². The van der Waals surface area contributed by atoms with Gasteiger partial charge in [0.1, 0.15) is 46.0 Å². The summed E-state index contributed by atoms with van der Waals surface area (Å²) in [6.07, 6.45) is 0.476. The Morgan fingerprint density at radius 2 is 1.90 bits per heavy atom. The molecule has 0 fully saturated rings. The lowest BCUT2D eigenvalue weighted by Crippen LogP contribution is -2.46. The van der Waals surface area contributed by atoms with Crippen LogP contribution in [0.2, 0.25) is 0 Å². The topological polar surface area (TPSA) is 78.1 Å². The van der Waals surface area contributed by atoms with Gasteiger partial charge in [0.05, 0.1) is 11.7 Å². The second-order valence-electron chi connectivity index (χ2n) is 7.67. The predicted octanol–water partition coefficient (Wildman–Crippen LogP) is 3.80. The van der Waals surface area contributed by atoms with E-state index in [2.05, 4.69) is 0 Å². The molecule has 1 aromatic heterocycles. The van der Waals surface area contributed by atoms with Gasteiger partial charge in [-0.1, -0.05) is 0 Å². The van der Waals surface area contributed by atoms with Gasteiger partial charge in [-0.25, -0.2) is 8.78 Å². The quantitative estimate of drug-likeness (QED) is 0.650. The van der Waals surface area contributed by atoms with Crippen molar-refractivity contribution in [3.8, 4) is 22.6 Å². The summed E-state index contributed by atoms with van der Waals surface area (Å²) in [5.41, 5.74) is -0.789. The maximum Gasteiger partial charge on any atom is 0.204 e. The molecular formula is C22H20F2O6. The molecule has 1 aliphatic rings. The number of fused-ring (bicyclic) bond motifs is 3. The average Bonchev–Trinajstić information content (AvgIpc) is 2.66. The SMILES string of the molecule is COCOc1cc2occ(-c3cc(F)cc(F)c3)c(=O)c2c2c1CC(O)C(C)(C)O2. The lowest BCUT2D eigenvalue weighted by atomic mass is 9.89. The van der Waals surface area contributed by atoms with E-state index in [0.29, 0.717) is 11.3 Å².